The standard InChI is InChI=1S/C17H11BrClN3O2S/c18-14-9-12(10-21-22-16(23)15-3-1-2-8-20-15)24-17(14)25-13-6-4-11(19)5-7-13/h1-10H,(H,22,23). The Morgan fingerprint density at radius 3 is 2.80 bits per heavy atom. The molecule has 0 atom stereocenters. The van der Waals surface area contributed by atoms with E-state index in [1.54, 1.807) is 30.5 Å². The molecule has 0 fully saturated rings. The van der Waals surface area contributed by atoms with Gasteiger partial charge in [-0.3, -0.25) is 9.78 Å². The molecular formula is C17H11BrClN3O2S. The molecule has 1 N–H and O–H groups in total. The first-order valence-electron chi connectivity index (χ1n) is 7.09. The van der Waals surface area contributed by atoms with Crippen molar-refractivity contribution in [3.63, 3.8) is 0 Å². The van der Waals surface area contributed by atoms with E-state index in [9.17, 15) is 4.79 Å². The number of hydrogen-bond acceptors (Lipinski definition) is 5. The molecule has 126 valence electrons. The van der Waals surface area contributed by atoms with Gasteiger partial charge < -0.3 is 4.42 Å². The zero-order valence-corrected chi connectivity index (χ0v) is 15.8. The zero-order valence-electron chi connectivity index (χ0n) is 12.6. The van der Waals surface area contributed by atoms with Crippen LogP contribution in [0.2, 0.25) is 5.02 Å². The topological polar surface area (TPSA) is 67.5 Å². The highest BCUT2D eigenvalue weighted by Gasteiger charge is 2.10. The average Bonchev–Trinajstić information content (AvgIpc) is 2.97. The summed E-state index contributed by atoms with van der Waals surface area (Å²) in [7, 11) is 0. The highest BCUT2D eigenvalue weighted by molar-refractivity contribution is 9.10. The van der Waals surface area contributed by atoms with Crippen LogP contribution in [-0.2, 0) is 0 Å². The van der Waals surface area contributed by atoms with E-state index in [4.69, 9.17) is 16.0 Å². The predicted octanol–water partition coefficient (Wildman–Crippen LogP) is 5.01. The second-order valence-electron chi connectivity index (χ2n) is 4.75. The Morgan fingerprint density at radius 1 is 1.28 bits per heavy atom. The van der Waals surface area contributed by atoms with Gasteiger partial charge in [-0.1, -0.05) is 29.4 Å². The summed E-state index contributed by atoms with van der Waals surface area (Å²) in [6, 6.07) is 14.3. The maximum atomic E-state index is 11.8. The van der Waals surface area contributed by atoms with E-state index in [0.29, 0.717) is 21.6 Å². The van der Waals surface area contributed by atoms with E-state index in [2.05, 4.69) is 31.4 Å². The van der Waals surface area contributed by atoms with Crippen molar-refractivity contribution in [1.82, 2.24) is 10.4 Å². The Bertz CT molecular complexity index is 898. The third-order valence-electron chi connectivity index (χ3n) is 2.95. The molecule has 1 amide bonds. The van der Waals surface area contributed by atoms with Gasteiger partial charge in [-0.25, -0.2) is 5.43 Å². The maximum absolute atomic E-state index is 11.8. The molecule has 2 aromatic heterocycles. The molecule has 3 aromatic rings. The van der Waals surface area contributed by atoms with Crippen LogP contribution in [0.25, 0.3) is 0 Å². The number of hydrazone groups is 1. The van der Waals surface area contributed by atoms with Gasteiger partial charge in [-0.15, -0.1) is 0 Å². The number of carbonyl (C=O) groups excluding carboxylic acids is 1. The van der Waals surface area contributed by atoms with Crippen LogP contribution in [0.3, 0.4) is 0 Å². The van der Waals surface area contributed by atoms with Gasteiger partial charge in [0, 0.05) is 22.2 Å². The van der Waals surface area contributed by atoms with Gasteiger partial charge in [0.15, 0.2) is 5.09 Å². The molecule has 5 nitrogen and oxygen atoms in total. The van der Waals surface area contributed by atoms with Gasteiger partial charge in [0.05, 0.1) is 10.7 Å². The first-order valence-corrected chi connectivity index (χ1v) is 9.08. The Hall–Kier alpha value is -2.09. The van der Waals surface area contributed by atoms with E-state index < -0.39 is 5.91 Å². The molecule has 8 heteroatoms. The number of furan rings is 1. The summed E-state index contributed by atoms with van der Waals surface area (Å²) in [5, 5.41) is 5.25. The summed E-state index contributed by atoms with van der Waals surface area (Å²) in [5.74, 6) is 0.114. The fourth-order valence-corrected chi connectivity index (χ4v) is 3.28. The van der Waals surface area contributed by atoms with Crippen LogP contribution in [-0.4, -0.2) is 17.1 Å². The summed E-state index contributed by atoms with van der Waals surface area (Å²) in [6.45, 7) is 0. The van der Waals surface area contributed by atoms with Crippen LogP contribution in [0.5, 0.6) is 0 Å². The molecule has 0 aliphatic rings. The van der Waals surface area contributed by atoms with Crippen molar-refractivity contribution in [2.75, 3.05) is 0 Å². The van der Waals surface area contributed by atoms with Gasteiger partial charge in [0.2, 0.25) is 0 Å². The highest BCUT2D eigenvalue weighted by Crippen LogP contribution is 2.35. The number of carbonyl (C=O) groups is 1. The molecule has 0 unspecified atom stereocenters. The average molecular weight is 437 g/mol. The minimum Gasteiger partial charge on any atom is -0.447 e. The van der Waals surface area contributed by atoms with Crippen LogP contribution in [0.15, 0.2) is 78.7 Å². The van der Waals surface area contributed by atoms with Crippen LogP contribution in [0, 0.1) is 0 Å². The van der Waals surface area contributed by atoms with Crippen LogP contribution >= 0.6 is 39.3 Å². The molecule has 2 heterocycles. The largest absolute Gasteiger partial charge is 0.447 e. The van der Waals surface area contributed by atoms with Crippen LogP contribution in [0.4, 0.5) is 0 Å². The van der Waals surface area contributed by atoms with Crippen molar-refractivity contribution in [3.05, 3.63) is 75.7 Å². The fourth-order valence-electron chi connectivity index (χ4n) is 1.82. The molecule has 0 bridgehead atoms. The molecule has 0 saturated heterocycles. The van der Waals surface area contributed by atoms with E-state index in [1.165, 1.54) is 18.0 Å². The molecule has 0 spiro atoms. The third kappa shape index (κ3) is 4.94. The summed E-state index contributed by atoms with van der Waals surface area (Å²) in [5.41, 5.74) is 2.69. The Labute approximate surface area is 161 Å². The number of nitrogens with one attached hydrogen (secondary N) is 1. The minimum atomic E-state index is -0.391. The number of amides is 1. The molecule has 0 aliphatic carbocycles. The number of pyridine rings is 1. The van der Waals surface area contributed by atoms with Gasteiger partial charge >= 0.3 is 0 Å². The second-order valence-corrected chi connectivity index (χ2v) is 7.09. The Kier molecular flexibility index (Phi) is 5.91. The van der Waals surface area contributed by atoms with Gasteiger partial charge in [0.1, 0.15) is 11.5 Å². The number of halogens is 2. The quantitative estimate of drug-likeness (QED) is 0.451. The van der Waals surface area contributed by atoms with Gasteiger partial charge in [0.25, 0.3) is 5.91 Å². The van der Waals surface area contributed by atoms with Crippen LogP contribution < -0.4 is 5.43 Å². The first kappa shape index (κ1) is 17.7. The van der Waals surface area contributed by atoms with Crippen molar-refractivity contribution >= 4 is 51.4 Å². The molecular weight excluding hydrogens is 426 g/mol. The van der Waals surface area contributed by atoms with E-state index in [1.807, 2.05) is 24.3 Å². The van der Waals surface area contributed by atoms with Crippen molar-refractivity contribution in [2.45, 2.75) is 9.99 Å². The smallest absolute Gasteiger partial charge is 0.289 e. The van der Waals surface area contributed by atoms with E-state index >= 15 is 0 Å². The monoisotopic (exact) mass is 435 g/mol. The summed E-state index contributed by atoms with van der Waals surface area (Å²) >= 11 is 10.8. The normalized spacial score (nSPS) is 11.0. The lowest BCUT2D eigenvalue weighted by molar-refractivity contribution is 0.0950. The molecule has 25 heavy (non-hydrogen) atoms. The zero-order chi connectivity index (χ0) is 17.6. The minimum absolute atomic E-state index is 0.291. The second kappa shape index (κ2) is 8.33. The third-order valence-corrected chi connectivity index (χ3v) is 5.05. The van der Waals surface area contributed by atoms with Crippen molar-refractivity contribution in [1.29, 1.82) is 0 Å². The van der Waals surface area contributed by atoms with Crippen molar-refractivity contribution in [2.24, 2.45) is 5.10 Å². The number of hydrogen-bond donors (Lipinski definition) is 1. The highest BCUT2D eigenvalue weighted by atomic mass is 79.9. The Morgan fingerprint density at radius 2 is 2.08 bits per heavy atom. The Balaban J connectivity index is 1.64. The van der Waals surface area contributed by atoms with Crippen molar-refractivity contribution < 1.29 is 9.21 Å². The summed E-state index contributed by atoms with van der Waals surface area (Å²) < 4.78 is 6.50. The molecule has 0 aliphatic heterocycles. The number of nitrogens with zero attached hydrogens (tertiary/aromatic N) is 2. The fraction of sp³-hybridized carbons (Fsp3) is 0. The van der Waals surface area contributed by atoms with Gasteiger partial charge in [-0.2, -0.15) is 5.10 Å². The molecule has 1 aromatic carbocycles. The predicted molar refractivity (Wildman–Crippen MR) is 101 cm³/mol. The lowest BCUT2D eigenvalue weighted by Crippen LogP contribution is -2.18. The van der Waals surface area contributed by atoms with Gasteiger partial charge in [-0.05, 0) is 52.3 Å². The number of benzene rings is 1. The summed E-state index contributed by atoms with van der Waals surface area (Å²) in [4.78, 5) is 16.8. The SMILES string of the molecule is O=C(NN=Cc1cc(Br)c(Sc2ccc(Cl)cc2)o1)c1ccccn1. The lowest BCUT2D eigenvalue weighted by Gasteiger charge is -1.99. The van der Waals surface area contributed by atoms with E-state index in [-0.39, 0.29) is 0 Å². The van der Waals surface area contributed by atoms with Crippen LogP contribution in [0.1, 0.15) is 16.2 Å². The maximum Gasteiger partial charge on any atom is 0.289 e. The summed E-state index contributed by atoms with van der Waals surface area (Å²) in [6.07, 6.45) is 2.97. The lowest BCUT2D eigenvalue weighted by atomic mass is 10.3. The molecule has 0 saturated carbocycles. The van der Waals surface area contributed by atoms with E-state index in [0.717, 1.165) is 9.37 Å². The number of aromatic nitrogens is 1. The molecule has 0 radical (unpaired) electrons. The molecule has 3 rings (SSSR count). The number of rotatable bonds is 5. The first-order chi connectivity index (χ1) is 12.1. The van der Waals surface area contributed by atoms with Crippen molar-refractivity contribution in [3.8, 4) is 0 Å².